The molecule has 2 aromatic heterocycles. The van der Waals surface area contributed by atoms with Gasteiger partial charge in [-0.15, -0.1) is 0 Å². The molecule has 10 aromatic rings. The minimum Gasteiger partial charge on any atom is -0.456 e. The van der Waals surface area contributed by atoms with Crippen LogP contribution in [-0.2, 0) is 6.54 Å². The van der Waals surface area contributed by atoms with Gasteiger partial charge in [0.1, 0.15) is 11.2 Å². The Balaban J connectivity index is 1.17. The third kappa shape index (κ3) is 5.31. The summed E-state index contributed by atoms with van der Waals surface area (Å²) in [4.78, 5) is 2.28. The fourth-order valence-corrected chi connectivity index (χ4v) is 7.85. The molecule has 0 bridgehead atoms. The van der Waals surface area contributed by atoms with Crippen molar-refractivity contribution in [3.63, 3.8) is 0 Å². The molecule has 4 heteroatoms. The molecular formula is C49H35N3O. The van der Waals surface area contributed by atoms with Crippen molar-refractivity contribution in [2.24, 2.45) is 0 Å². The van der Waals surface area contributed by atoms with Crippen LogP contribution in [0.15, 0.2) is 192 Å². The van der Waals surface area contributed by atoms with Crippen molar-refractivity contribution in [3.05, 3.63) is 194 Å². The van der Waals surface area contributed by atoms with Crippen molar-refractivity contribution in [1.29, 1.82) is 0 Å². The van der Waals surface area contributed by atoms with Crippen LogP contribution in [0.2, 0.25) is 0 Å². The summed E-state index contributed by atoms with van der Waals surface area (Å²) in [7, 11) is 0. The third-order valence-corrected chi connectivity index (χ3v) is 10.4. The van der Waals surface area contributed by atoms with Gasteiger partial charge in [0.15, 0.2) is 0 Å². The summed E-state index contributed by atoms with van der Waals surface area (Å²) in [6.07, 6.45) is 0. The first-order valence-corrected chi connectivity index (χ1v) is 18.0. The molecule has 2 heterocycles. The molecular weight excluding hydrogens is 647 g/mol. The summed E-state index contributed by atoms with van der Waals surface area (Å²) >= 11 is 0. The van der Waals surface area contributed by atoms with E-state index in [1.807, 2.05) is 24.3 Å². The van der Waals surface area contributed by atoms with E-state index in [0.29, 0.717) is 6.54 Å². The van der Waals surface area contributed by atoms with Gasteiger partial charge in [-0.25, -0.2) is 0 Å². The Hall–Kier alpha value is -7.04. The predicted molar refractivity (Wildman–Crippen MR) is 222 cm³/mol. The minimum absolute atomic E-state index is 0.672. The zero-order valence-electron chi connectivity index (χ0n) is 29.0. The zero-order chi connectivity index (χ0) is 35.3. The first-order chi connectivity index (χ1) is 26.2. The number of fused-ring (bicyclic) bond motifs is 7. The van der Waals surface area contributed by atoms with E-state index in [1.54, 1.807) is 0 Å². The molecule has 10 rings (SSSR count). The van der Waals surface area contributed by atoms with Crippen LogP contribution in [0.25, 0.3) is 71.7 Å². The van der Waals surface area contributed by atoms with Crippen LogP contribution in [0.4, 0.5) is 17.1 Å². The maximum atomic E-state index is 6.56. The van der Waals surface area contributed by atoms with E-state index in [9.17, 15) is 0 Å². The van der Waals surface area contributed by atoms with Gasteiger partial charge in [0, 0.05) is 34.1 Å². The second kappa shape index (κ2) is 12.6. The lowest BCUT2D eigenvalue weighted by Crippen LogP contribution is -2.17. The van der Waals surface area contributed by atoms with Gasteiger partial charge in [-0.1, -0.05) is 115 Å². The molecule has 0 amide bonds. The van der Waals surface area contributed by atoms with Crippen LogP contribution < -0.4 is 10.6 Å². The number of aromatic nitrogens is 1. The summed E-state index contributed by atoms with van der Waals surface area (Å²) in [5, 5.41) is 4.62. The molecule has 252 valence electrons. The summed E-state index contributed by atoms with van der Waals surface area (Å²) in [5.74, 6) is 0. The molecule has 53 heavy (non-hydrogen) atoms. The highest BCUT2D eigenvalue weighted by molar-refractivity contribution is 6.25. The lowest BCUT2D eigenvalue weighted by Gasteiger charge is -2.26. The maximum Gasteiger partial charge on any atom is 0.137 e. The van der Waals surface area contributed by atoms with E-state index in [0.717, 1.165) is 55.7 Å². The van der Waals surface area contributed by atoms with E-state index in [-0.39, 0.29) is 0 Å². The minimum atomic E-state index is 0.672. The van der Waals surface area contributed by atoms with Gasteiger partial charge in [0.25, 0.3) is 0 Å². The van der Waals surface area contributed by atoms with Crippen LogP contribution in [0.1, 0.15) is 5.56 Å². The predicted octanol–water partition coefficient (Wildman–Crippen LogP) is 12.9. The summed E-state index contributed by atoms with van der Waals surface area (Å²) in [6, 6.07) is 66.4. The van der Waals surface area contributed by atoms with E-state index in [4.69, 9.17) is 10.2 Å². The van der Waals surface area contributed by atoms with Gasteiger partial charge in [-0.2, -0.15) is 0 Å². The Kier molecular flexibility index (Phi) is 7.33. The average Bonchev–Trinajstić information content (AvgIpc) is 3.76. The number of nitrogen functional groups attached to an aromatic ring is 1. The lowest BCUT2D eigenvalue weighted by molar-refractivity contribution is 0.669. The molecule has 8 aromatic carbocycles. The Labute approximate surface area is 307 Å². The number of rotatable bonds is 7. The van der Waals surface area contributed by atoms with Gasteiger partial charge >= 0.3 is 0 Å². The smallest absolute Gasteiger partial charge is 0.137 e. The molecule has 0 atom stereocenters. The number of hydrogen-bond acceptors (Lipinski definition) is 3. The topological polar surface area (TPSA) is 47.3 Å². The molecule has 0 unspecified atom stereocenters. The van der Waals surface area contributed by atoms with Crippen LogP contribution >= 0.6 is 0 Å². The van der Waals surface area contributed by atoms with Gasteiger partial charge in [-0.3, -0.25) is 0 Å². The third-order valence-electron chi connectivity index (χ3n) is 10.4. The second-order valence-electron chi connectivity index (χ2n) is 13.6. The summed E-state index contributed by atoms with van der Waals surface area (Å²) < 4.78 is 8.98. The monoisotopic (exact) mass is 681 g/mol. The number of benzene rings is 8. The highest BCUT2D eigenvalue weighted by Gasteiger charge is 2.21. The van der Waals surface area contributed by atoms with Crippen molar-refractivity contribution in [2.45, 2.75) is 6.54 Å². The molecule has 0 aliphatic heterocycles. The van der Waals surface area contributed by atoms with Gasteiger partial charge in [-0.05, 0) is 101 Å². The van der Waals surface area contributed by atoms with E-state index in [2.05, 4.69) is 173 Å². The molecule has 2 N–H and O–H groups in total. The largest absolute Gasteiger partial charge is 0.456 e. The van der Waals surface area contributed by atoms with Gasteiger partial charge in [0.2, 0.25) is 0 Å². The van der Waals surface area contributed by atoms with E-state index < -0.39 is 0 Å². The van der Waals surface area contributed by atoms with Crippen molar-refractivity contribution in [1.82, 2.24) is 4.57 Å². The Morgan fingerprint density at radius 3 is 1.79 bits per heavy atom. The summed E-state index contributed by atoms with van der Waals surface area (Å²) in [5.41, 5.74) is 20.4. The Bertz CT molecular complexity index is 2910. The highest BCUT2D eigenvalue weighted by Crippen LogP contribution is 2.43. The van der Waals surface area contributed by atoms with E-state index >= 15 is 0 Å². The first kappa shape index (κ1) is 30.8. The van der Waals surface area contributed by atoms with E-state index in [1.165, 1.54) is 38.6 Å². The van der Waals surface area contributed by atoms with Crippen LogP contribution in [0.3, 0.4) is 0 Å². The quantitative estimate of drug-likeness (QED) is 0.170. The molecule has 0 aliphatic rings. The fraction of sp³-hybridized carbons (Fsp3) is 0.0204. The van der Waals surface area contributed by atoms with Crippen LogP contribution in [0, 0.1) is 0 Å². The Morgan fingerprint density at radius 2 is 1.09 bits per heavy atom. The zero-order valence-corrected chi connectivity index (χ0v) is 29.0. The molecule has 4 nitrogen and oxygen atoms in total. The molecule has 0 radical (unpaired) electrons. The average molecular weight is 682 g/mol. The van der Waals surface area contributed by atoms with Crippen LogP contribution in [-0.4, -0.2) is 4.57 Å². The van der Waals surface area contributed by atoms with Gasteiger partial charge < -0.3 is 19.6 Å². The normalized spacial score (nSPS) is 11.5. The van der Waals surface area contributed by atoms with Crippen molar-refractivity contribution in [2.75, 3.05) is 10.6 Å². The number of nitrogens with zero attached hydrogens (tertiary/aromatic N) is 2. The number of para-hydroxylation sites is 3. The number of furan rings is 1. The molecule has 0 aliphatic carbocycles. The van der Waals surface area contributed by atoms with Crippen LogP contribution in [0.5, 0.6) is 0 Å². The lowest BCUT2D eigenvalue weighted by atomic mass is 10.0. The number of nitrogens with two attached hydrogens (primary N) is 1. The standard InChI is InChI=1S/C49H35N3O/c50-43-18-10-11-19-45(43)51(38-16-8-3-9-17-38)32-33-20-24-39(25-21-33)52-44-27-22-36(34-12-4-1-5-13-34)30-41(44)40-26-29-47-48(49(40)52)42-31-37(23-28-46(42)53-47)35-14-6-2-7-15-35/h1-31H,32,50H2. The number of hydrogen-bond donors (Lipinski definition) is 1. The summed E-state index contributed by atoms with van der Waals surface area (Å²) in [6.45, 7) is 0.672. The SMILES string of the molecule is Nc1ccccc1N(Cc1ccc(-n2c3ccc(-c4ccccc4)cc3c3ccc4oc5ccc(-c6ccccc6)cc5c4c32)cc1)c1ccccc1. The van der Waals surface area contributed by atoms with Crippen molar-refractivity contribution in [3.8, 4) is 27.9 Å². The van der Waals surface area contributed by atoms with Gasteiger partial charge in [0.05, 0.1) is 27.8 Å². The molecule has 0 saturated heterocycles. The fourth-order valence-electron chi connectivity index (χ4n) is 7.85. The molecule has 0 fully saturated rings. The highest BCUT2D eigenvalue weighted by atomic mass is 16.3. The van der Waals surface area contributed by atoms with Crippen molar-refractivity contribution < 1.29 is 4.42 Å². The molecule has 0 saturated carbocycles. The maximum absolute atomic E-state index is 6.56. The first-order valence-electron chi connectivity index (χ1n) is 18.0. The second-order valence-corrected chi connectivity index (χ2v) is 13.6. The Morgan fingerprint density at radius 1 is 0.491 bits per heavy atom. The molecule has 0 spiro atoms. The van der Waals surface area contributed by atoms with Crippen molar-refractivity contribution >= 4 is 60.8 Å². The number of anilines is 3.